The van der Waals surface area contributed by atoms with Gasteiger partial charge in [-0.15, -0.1) is 0 Å². The summed E-state index contributed by atoms with van der Waals surface area (Å²) in [4.78, 5) is 26.1. The van der Waals surface area contributed by atoms with Crippen molar-refractivity contribution >= 4 is 27.5 Å². The molecule has 1 saturated heterocycles. The van der Waals surface area contributed by atoms with Gasteiger partial charge in [0.2, 0.25) is 21.8 Å². The van der Waals surface area contributed by atoms with Crippen LogP contribution in [0.3, 0.4) is 0 Å². The highest BCUT2D eigenvalue weighted by atomic mass is 32.2. The average molecular weight is 411 g/mol. The molecule has 1 fully saturated rings. The second-order valence-corrected chi connectivity index (χ2v) is 9.14. The van der Waals surface area contributed by atoms with Gasteiger partial charge in [-0.05, 0) is 43.5 Å². The monoisotopic (exact) mass is 410 g/mol. The molecular formula is C19H30N4O4S. The minimum absolute atomic E-state index is 0.0175. The van der Waals surface area contributed by atoms with E-state index in [1.54, 1.807) is 6.07 Å². The number of nitrogens with one attached hydrogen (secondary N) is 2. The molecule has 156 valence electrons. The number of nitrogens with zero attached hydrogens (tertiary/aromatic N) is 1. The lowest BCUT2D eigenvalue weighted by molar-refractivity contribution is -0.124. The number of piperidine rings is 1. The van der Waals surface area contributed by atoms with Crippen LogP contribution in [0.2, 0.25) is 0 Å². The van der Waals surface area contributed by atoms with Gasteiger partial charge in [0.15, 0.2) is 0 Å². The van der Waals surface area contributed by atoms with Crippen LogP contribution in [0.4, 0.5) is 5.69 Å². The third kappa shape index (κ3) is 7.21. The van der Waals surface area contributed by atoms with E-state index in [-0.39, 0.29) is 22.6 Å². The molecule has 1 aromatic rings. The van der Waals surface area contributed by atoms with Crippen molar-refractivity contribution in [3.63, 3.8) is 0 Å². The number of hydrogen-bond acceptors (Lipinski definition) is 5. The summed E-state index contributed by atoms with van der Waals surface area (Å²) in [5, 5.41) is 10.8. The molecule has 28 heavy (non-hydrogen) atoms. The Hall–Kier alpha value is -1.97. The number of carbonyl (C=O) groups is 2. The fourth-order valence-corrected chi connectivity index (χ4v) is 3.76. The Morgan fingerprint density at radius 1 is 1.32 bits per heavy atom. The minimum atomic E-state index is -3.80. The fraction of sp³-hybridized carbons (Fsp3) is 0.579. The summed E-state index contributed by atoms with van der Waals surface area (Å²) in [6.07, 6.45) is 2.42. The third-order valence-electron chi connectivity index (χ3n) is 4.79. The van der Waals surface area contributed by atoms with Gasteiger partial charge in [0.25, 0.3) is 0 Å². The van der Waals surface area contributed by atoms with Crippen LogP contribution in [0.25, 0.3) is 0 Å². The number of likely N-dealkylation sites (tertiary alicyclic amines) is 1. The van der Waals surface area contributed by atoms with Gasteiger partial charge in [-0.25, -0.2) is 13.6 Å². The SMILES string of the molecule is CC(C)C(=O)NCC1CCCN(CCC(=O)Nc2cccc(S(N)(=O)=O)c2)C1. The highest BCUT2D eigenvalue weighted by Gasteiger charge is 2.21. The Balaban J connectivity index is 1.78. The molecule has 2 rings (SSSR count). The second kappa shape index (κ2) is 9.99. The molecular weight excluding hydrogens is 380 g/mol. The lowest BCUT2D eigenvalue weighted by Gasteiger charge is -2.32. The number of hydrogen-bond donors (Lipinski definition) is 3. The summed E-state index contributed by atoms with van der Waals surface area (Å²) in [5.41, 5.74) is 0.407. The van der Waals surface area contributed by atoms with E-state index in [1.165, 1.54) is 18.2 Å². The van der Waals surface area contributed by atoms with Crippen LogP contribution in [0, 0.1) is 11.8 Å². The van der Waals surface area contributed by atoms with Crippen LogP contribution in [0.15, 0.2) is 29.2 Å². The molecule has 2 amide bonds. The molecule has 1 heterocycles. The van der Waals surface area contributed by atoms with Gasteiger partial charge in [0.05, 0.1) is 4.90 Å². The maximum atomic E-state index is 12.2. The first-order valence-electron chi connectivity index (χ1n) is 9.58. The normalized spacial score (nSPS) is 18.1. The average Bonchev–Trinajstić information content (AvgIpc) is 2.64. The zero-order valence-electron chi connectivity index (χ0n) is 16.5. The number of amides is 2. The van der Waals surface area contributed by atoms with E-state index in [2.05, 4.69) is 15.5 Å². The fourth-order valence-electron chi connectivity index (χ4n) is 3.20. The van der Waals surface area contributed by atoms with E-state index >= 15 is 0 Å². The van der Waals surface area contributed by atoms with Crippen molar-refractivity contribution in [1.29, 1.82) is 0 Å². The summed E-state index contributed by atoms with van der Waals surface area (Å²) in [7, 11) is -3.80. The molecule has 9 heteroatoms. The molecule has 1 unspecified atom stereocenters. The predicted octanol–water partition coefficient (Wildman–Crippen LogP) is 1.15. The summed E-state index contributed by atoms with van der Waals surface area (Å²) in [6, 6.07) is 5.90. The third-order valence-corrected chi connectivity index (χ3v) is 5.70. The van der Waals surface area contributed by atoms with Crippen molar-refractivity contribution in [3.8, 4) is 0 Å². The predicted molar refractivity (Wildman–Crippen MR) is 108 cm³/mol. The van der Waals surface area contributed by atoms with E-state index in [9.17, 15) is 18.0 Å². The van der Waals surface area contributed by atoms with Crippen LogP contribution in [0.1, 0.15) is 33.1 Å². The van der Waals surface area contributed by atoms with Gasteiger partial charge in [-0.2, -0.15) is 0 Å². The van der Waals surface area contributed by atoms with Gasteiger partial charge in [0.1, 0.15) is 0 Å². The molecule has 1 aliphatic rings. The zero-order chi connectivity index (χ0) is 20.7. The summed E-state index contributed by atoms with van der Waals surface area (Å²) in [5.74, 6) is 0.266. The summed E-state index contributed by atoms with van der Waals surface area (Å²) >= 11 is 0. The molecule has 1 aromatic carbocycles. The van der Waals surface area contributed by atoms with Gasteiger partial charge in [-0.3, -0.25) is 9.59 Å². The Morgan fingerprint density at radius 2 is 2.07 bits per heavy atom. The molecule has 4 N–H and O–H groups in total. The Kier molecular flexibility index (Phi) is 7.97. The number of nitrogens with two attached hydrogens (primary N) is 1. The van der Waals surface area contributed by atoms with Crippen LogP contribution in [0.5, 0.6) is 0 Å². The Morgan fingerprint density at radius 3 is 2.75 bits per heavy atom. The van der Waals surface area contributed by atoms with Crippen LogP contribution >= 0.6 is 0 Å². The molecule has 1 atom stereocenters. The number of anilines is 1. The second-order valence-electron chi connectivity index (χ2n) is 7.58. The van der Waals surface area contributed by atoms with Gasteiger partial charge < -0.3 is 15.5 Å². The lowest BCUT2D eigenvalue weighted by Crippen LogP contribution is -2.42. The number of primary sulfonamides is 1. The zero-order valence-corrected chi connectivity index (χ0v) is 17.3. The van der Waals surface area contributed by atoms with Crippen LogP contribution < -0.4 is 15.8 Å². The topological polar surface area (TPSA) is 122 Å². The van der Waals surface area contributed by atoms with Crippen molar-refractivity contribution in [2.24, 2.45) is 17.0 Å². The number of sulfonamides is 1. The van der Waals surface area contributed by atoms with Crippen molar-refractivity contribution in [1.82, 2.24) is 10.2 Å². The van der Waals surface area contributed by atoms with E-state index in [4.69, 9.17) is 5.14 Å². The first kappa shape index (κ1) is 22.3. The first-order valence-corrected chi connectivity index (χ1v) is 11.1. The van der Waals surface area contributed by atoms with Crippen LogP contribution in [-0.4, -0.2) is 51.3 Å². The highest BCUT2D eigenvalue weighted by molar-refractivity contribution is 7.89. The molecule has 8 nitrogen and oxygen atoms in total. The molecule has 0 bridgehead atoms. The lowest BCUT2D eigenvalue weighted by atomic mass is 9.97. The highest BCUT2D eigenvalue weighted by Crippen LogP contribution is 2.17. The van der Waals surface area contributed by atoms with Crippen molar-refractivity contribution in [3.05, 3.63) is 24.3 Å². The summed E-state index contributed by atoms with van der Waals surface area (Å²) < 4.78 is 22.8. The number of benzene rings is 1. The number of carbonyl (C=O) groups excluding carboxylic acids is 2. The van der Waals surface area contributed by atoms with Crippen molar-refractivity contribution in [2.75, 3.05) is 31.5 Å². The van der Waals surface area contributed by atoms with E-state index < -0.39 is 10.0 Å². The van der Waals surface area contributed by atoms with Crippen molar-refractivity contribution in [2.45, 2.75) is 38.0 Å². The van der Waals surface area contributed by atoms with Crippen LogP contribution in [-0.2, 0) is 19.6 Å². The molecule has 1 aliphatic heterocycles. The first-order chi connectivity index (χ1) is 13.1. The standard InChI is InChI=1S/C19H30N4O4S/c1-14(2)19(25)21-12-15-5-4-9-23(13-15)10-8-18(24)22-16-6-3-7-17(11-16)28(20,26)27/h3,6-7,11,14-15H,4-5,8-10,12-13H2,1-2H3,(H,21,25)(H,22,24)(H2,20,26,27). The van der Waals surface area contributed by atoms with Gasteiger partial charge >= 0.3 is 0 Å². The quantitative estimate of drug-likeness (QED) is 0.593. The van der Waals surface area contributed by atoms with Gasteiger partial charge in [0, 0.05) is 37.7 Å². The Bertz CT molecular complexity index is 795. The van der Waals surface area contributed by atoms with E-state index in [0.29, 0.717) is 31.1 Å². The summed E-state index contributed by atoms with van der Waals surface area (Å²) in [6.45, 7) is 6.82. The van der Waals surface area contributed by atoms with E-state index in [1.807, 2.05) is 13.8 Å². The van der Waals surface area contributed by atoms with Crippen molar-refractivity contribution < 1.29 is 18.0 Å². The maximum absolute atomic E-state index is 12.2. The smallest absolute Gasteiger partial charge is 0.238 e. The molecule has 0 radical (unpaired) electrons. The van der Waals surface area contributed by atoms with E-state index in [0.717, 1.165) is 25.9 Å². The Labute approximate surface area is 166 Å². The maximum Gasteiger partial charge on any atom is 0.238 e. The molecule has 0 aliphatic carbocycles. The molecule has 0 aromatic heterocycles. The minimum Gasteiger partial charge on any atom is -0.356 e. The van der Waals surface area contributed by atoms with Gasteiger partial charge in [-0.1, -0.05) is 19.9 Å². The molecule has 0 spiro atoms. The number of rotatable bonds is 8. The largest absolute Gasteiger partial charge is 0.356 e. The molecule has 0 saturated carbocycles.